The summed E-state index contributed by atoms with van der Waals surface area (Å²) >= 11 is 1.90. The van der Waals surface area contributed by atoms with Crippen LogP contribution in [0.3, 0.4) is 0 Å². The van der Waals surface area contributed by atoms with E-state index in [0.29, 0.717) is 6.54 Å². The summed E-state index contributed by atoms with van der Waals surface area (Å²) in [5.41, 5.74) is 3.46. The molecule has 1 saturated heterocycles. The molecule has 1 aromatic heterocycles. The molecular formula is C21H21N3O2S. The quantitative estimate of drug-likeness (QED) is 0.722. The number of hydrogen-bond acceptors (Lipinski definition) is 5. The van der Waals surface area contributed by atoms with Crippen LogP contribution in [0, 0.1) is 0 Å². The van der Waals surface area contributed by atoms with Crippen molar-refractivity contribution in [2.75, 3.05) is 29.9 Å². The lowest BCUT2D eigenvalue weighted by Crippen LogP contribution is -2.37. The summed E-state index contributed by atoms with van der Waals surface area (Å²) in [6, 6.07) is 19.5. The van der Waals surface area contributed by atoms with Gasteiger partial charge in [0.15, 0.2) is 5.76 Å². The zero-order valence-corrected chi connectivity index (χ0v) is 15.7. The molecule has 0 unspecified atom stereocenters. The van der Waals surface area contributed by atoms with Gasteiger partial charge in [0.05, 0.1) is 6.54 Å². The number of hydrogen-bond donors (Lipinski definition) is 1. The molecule has 1 aliphatic heterocycles. The Morgan fingerprint density at radius 2 is 1.89 bits per heavy atom. The minimum absolute atomic E-state index is 0.102. The summed E-state index contributed by atoms with van der Waals surface area (Å²) in [4.78, 5) is 14.6. The highest BCUT2D eigenvalue weighted by Crippen LogP contribution is 2.20. The first-order chi connectivity index (χ1) is 13.3. The maximum atomic E-state index is 12.6. The second-order valence-electron chi connectivity index (χ2n) is 6.38. The Balaban J connectivity index is 1.40. The summed E-state index contributed by atoms with van der Waals surface area (Å²) in [7, 11) is 0. The number of carbonyl (C=O) groups excluding carboxylic acids is 1. The first kappa shape index (κ1) is 17.7. The van der Waals surface area contributed by atoms with Crippen molar-refractivity contribution in [1.82, 2.24) is 10.1 Å². The minimum Gasteiger partial charge on any atom is -0.378 e. The van der Waals surface area contributed by atoms with Gasteiger partial charge < -0.3 is 14.7 Å². The van der Waals surface area contributed by atoms with Crippen LogP contribution in [-0.4, -0.2) is 40.6 Å². The molecule has 2 aromatic carbocycles. The molecule has 138 valence electrons. The van der Waals surface area contributed by atoms with Crippen molar-refractivity contribution in [2.24, 2.45) is 0 Å². The van der Waals surface area contributed by atoms with Crippen LogP contribution in [0.4, 0.5) is 5.69 Å². The number of thioether (sulfide) groups is 1. The molecule has 3 aromatic rings. The van der Waals surface area contributed by atoms with Gasteiger partial charge in [0.2, 0.25) is 0 Å². The normalized spacial score (nSPS) is 14.1. The molecule has 0 atom stereocenters. The van der Waals surface area contributed by atoms with E-state index in [9.17, 15) is 4.79 Å². The average molecular weight is 379 g/mol. The molecule has 0 radical (unpaired) electrons. The van der Waals surface area contributed by atoms with Crippen LogP contribution in [0.1, 0.15) is 16.1 Å². The van der Waals surface area contributed by atoms with Crippen molar-refractivity contribution < 1.29 is 9.32 Å². The molecular weight excluding hydrogens is 358 g/mol. The lowest BCUT2D eigenvalue weighted by Gasteiger charge is -2.26. The van der Waals surface area contributed by atoms with E-state index >= 15 is 0 Å². The minimum atomic E-state index is 0.102. The monoisotopic (exact) mass is 379 g/mol. The Labute approximate surface area is 162 Å². The van der Waals surface area contributed by atoms with Crippen LogP contribution >= 0.6 is 11.8 Å². The second-order valence-corrected chi connectivity index (χ2v) is 7.61. The highest BCUT2D eigenvalue weighted by atomic mass is 32.2. The summed E-state index contributed by atoms with van der Waals surface area (Å²) < 4.78 is 5.42. The van der Waals surface area contributed by atoms with Gasteiger partial charge in [-0.05, 0) is 18.2 Å². The summed E-state index contributed by atoms with van der Waals surface area (Å²) in [5, 5.41) is 7.44. The molecule has 1 amide bonds. The smallest absolute Gasteiger partial charge is 0.253 e. The van der Waals surface area contributed by atoms with Crippen LogP contribution in [0.25, 0.3) is 11.3 Å². The number of carbonyl (C=O) groups is 1. The van der Waals surface area contributed by atoms with Crippen LogP contribution in [0.5, 0.6) is 0 Å². The molecule has 0 saturated carbocycles. The predicted molar refractivity (Wildman–Crippen MR) is 109 cm³/mol. The summed E-state index contributed by atoms with van der Waals surface area (Å²) in [6.07, 6.45) is 0. The van der Waals surface area contributed by atoms with E-state index in [1.165, 1.54) is 0 Å². The van der Waals surface area contributed by atoms with Gasteiger partial charge >= 0.3 is 0 Å². The van der Waals surface area contributed by atoms with Crippen molar-refractivity contribution >= 4 is 23.4 Å². The maximum Gasteiger partial charge on any atom is 0.253 e. The largest absolute Gasteiger partial charge is 0.378 e. The topological polar surface area (TPSA) is 58.4 Å². The highest BCUT2D eigenvalue weighted by Gasteiger charge is 2.18. The van der Waals surface area contributed by atoms with Crippen LogP contribution < -0.4 is 5.32 Å². The average Bonchev–Trinajstić information content (AvgIpc) is 3.22. The molecule has 1 N–H and O–H groups in total. The number of anilines is 1. The summed E-state index contributed by atoms with van der Waals surface area (Å²) in [6.45, 7) is 2.15. The van der Waals surface area contributed by atoms with E-state index in [-0.39, 0.29) is 5.91 Å². The number of benzene rings is 2. The number of amides is 1. The zero-order chi connectivity index (χ0) is 18.5. The van der Waals surface area contributed by atoms with Crippen molar-refractivity contribution in [1.29, 1.82) is 0 Å². The first-order valence-electron chi connectivity index (χ1n) is 9.01. The molecule has 1 fully saturated rings. The number of nitrogens with zero attached hydrogens (tertiary/aromatic N) is 2. The fourth-order valence-electron chi connectivity index (χ4n) is 3.04. The number of rotatable bonds is 5. The molecule has 6 heteroatoms. The fraction of sp³-hybridized carbons (Fsp3) is 0.238. The van der Waals surface area contributed by atoms with Gasteiger partial charge in [-0.15, -0.1) is 0 Å². The Kier molecular flexibility index (Phi) is 5.44. The van der Waals surface area contributed by atoms with E-state index in [1.54, 1.807) is 0 Å². The Hall–Kier alpha value is -2.73. The highest BCUT2D eigenvalue weighted by molar-refractivity contribution is 7.99. The van der Waals surface area contributed by atoms with Crippen LogP contribution in [0.2, 0.25) is 0 Å². The van der Waals surface area contributed by atoms with Gasteiger partial charge in [0.25, 0.3) is 5.91 Å². The van der Waals surface area contributed by atoms with Gasteiger partial charge in [0, 0.05) is 47.5 Å². The fourth-order valence-corrected chi connectivity index (χ4v) is 3.94. The van der Waals surface area contributed by atoms with Gasteiger partial charge in [-0.2, -0.15) is 11.8 Å². The van der Waals surface area contributed by atoms with Crippen LogP contribution in [0.15, 0.2) is 65.2 Å². The lowest BCUT2D eigenvalue weighted by atomic mass is 10.1. The molecule has 0 spiro atoms. The molecule has 1 aliphatic rings. The third kappa shape index (κ3) is 4.34. The Morgan fingerprint density at radius 1 is 1.07 bits per heavy atom. The second kappa shape index (κ2) is 8.31. The van der Waals surface area contributed by atoms with Crippen molar-refractivity contribution in [3.63, 3.8) is 0 Å². The predicted octanol–water partition coefficient (Wildman–Crippen LogP) is 4.14. The van der Waals surface area contributed by atoms with E-state index < -0.39 is 0 Å². The van der Waals surface area contributed by atoms with E-state index in [2.05, 4.69) is 10.5 Å². The van der Waals surface area contributed by atoms with Gasteiger partial charge in [0.1, 0.15) is 5.69 Å². The number of nitrogens with one attached hydrogen (secondary N) is 1. The summed E-state index contributed by atoms with van der Waals surface area (Å²) in [5.74, 6) is 2.88. The third-order valence-electron chi connectivity index (χ3n) is 4.50. The zero-order valence-electron chi connectivity index (χ0n) is 14.9. The van der Waals surface area contributed by atoms with Gasteiger partial charge in [-0.3, -0.25) is 4.79 Å². The molecule has 0 bridgehead atoms. The van der Waals surface area contributed by atoms with Crippen molar-refractivity contribution in [3.05, 3.63) is 72.0 Å². The molecule has 4 rings (SSSR count). The lowest BCUT2D eigenvalue weighted by molar-refractivity contribution is 0.0772. The third-order valence-corrected chi connectivity index (χ3v) is 5.45. The SMILES string of the molecule is O=C(c1cccc(NCc2cc(-c3ccccc3)no2)c1)N1CCSCC1. The van der Waals surface area contributed by atoms with Gasteiger partial charge in [-0.1, -0.05) is 41.6 Å². The Bertz CT molecular complexity index is 905. The van der Waals surface area contributed by atoms with Gasteiger partial charge in [-0.25, -0.2) is 0 Å². The maximum absolute atomic E-state index is 12.6. The van der Waals surface area contributed by atoms with E-state index in [0.717, 1.165) is 52.9 Å². The molecule has 0 aliphatic carbocycles. The first-order valence-corrected chi connectivity index (χ1v) is 10.2. The van der Waals surface area contributed by atoms with Crippen molar-refractivity contribution in [2.45, 2.75) is 6.54 Å². The van der Waals surface area contributed by atoms with Crippen LogP contribution in [-0.2, 0) is 6.54 Å². The van der Waals surface area contributed by atoms with E-state index in [1.807, 2.05) is 77.3 Å². The van der Waals surface area contributed by atoms with E-state index in [4.69, 9.17) is 4.52 Å². The Morgan fingerprint density at radius 3 is 2.70 bits per heavy atom. The molecule has 27 heavy (non-hydrogen) atoms. The van der Waals surface area contributed by atoms with Crippen molar-refractivity contribution in [3.8, 4) is 11.3 Å². The standard InChI is InChI=1S/C21H21N3O2S/c25-21(24-9-11-27-12-10-24)17-7-4-8-18(13-17)22-15-19-14-20(23-26-19)16-5-2-1-3-6-16/h1-8,13-14,22H,9-12,15H2. The number of aromatic nitrogens is 1. The molecule has 5 nitrogen and oxygen atoms in total. The molecule has 2 heterocycles.